The fraction of sp³-hybridized carbons (Fsp3) is 0.478. The SMILES string of the molecule is CC(C)CC(=O)c1oc(COC2CCCCO2)cc(=O)c1OCc1ccccc1. The van der Waals surface area contributed by atoms with Gasteiger partial charge in [0.2, 0.25) is 22.7 Å². The lowest BCUT2D eigenvalue weighted by molar-refractivity contribution is -0.171. The number of Topliss-reactive ketones (excluding diaryl/α,β-unsaturated/α-hetero) is 1. The maximum absolute atomic E-state index is 12.7. The van der Waals surface area contributed by atoms with E-state index in [2.05, 4.69) is 0 Å². The minimum absolute atomic E-state index is 0.0368. The Morgan fingerprint density at radius 2 is 1.97 bits per heavy atom. The van der Waals surface area contributed by atoms with Crippen LogP contribution in [0.3, 0.4) is 0 Å². The first kappa shape index (κ1) is 21.3. The number of ether oxygens (including phenoxy) is 3. The van der Waals surface area contributed by atoms with E-state index >= 15 is 0 Å². The van der Waals surface area contributed by atoms with Crippen LogP contribution in [0.1, 0.15) is 61.4 Å². The zero-order chi connectivity index (χ0) is 20.6. The Morgan fingerprint density at radius 1 is 1.17 bits per heavy atom. The van der Waals surface area contributed by atoms with Gasteiger partial charge in [0, 0.05) is 19.1 Å². The molecule has 1 aromatic heterocycles. The Balaban J connectivity index is 1.79. The minimum Gasteiger partial charge on any atom is -0.481 e. The zero-order valence-electron chi connectivity index (χ0n) is 17.0. The molecule has 1 aliphatic rings. The highest BCUT2D eigenvalue weighted by atomic mass is 16.7. The molecule has 6 heteroatoms. The summed E-state index contributed by atoms with van der Waals surface area (Å²) >= 11 is 0. The van der Waals surface area contributed by atoms with Gasteiger partial charge in [-0.15, -0.1) is 0 Å². The van der Waals surface area contributed by atoms with Gasteiger partial charge < -0.3 is 18.6 Å². The van der Waals surface area contributed by atoms with Crippen molar-refractivity contribution in [2.75, 3.05) is 6.61 Å². The molecule has 0 N–H and O–H groups in total. The second kappa shape index (κ2) is 10.4. The van der Waals surface area contributed by atoms with Crippen LogP contribution in [0.15, 0.2) is 45.6 Å². The summed E-state index contributed by atoms with van der Waals surface area (Å²) in [5, 5.41) is 0. The van der Waals surface area contributed by atoms with Crippen molar-refractivity contribution >= 4 is 5.78 Å². The maximum atomic E-state index is 12.7. The summed E-state index contributed by atoms with van der Waals surface area (Å²) < 4.78 is 22.7. The molecule has 0 bridgehead atoms. The van der Waals surface area contributed by atoms with Gasteiger partial charge >= 0.3 is 0 Å². The molecular formula is C23H28O6. The van der Waals surface area contributed by atoms with Gasteiger partial charge in [-0.05, 0) is 30.7 Å². The van der Waals surface area contributed by atoms with Gasteiger partial charge in [0.1, 0.15) is 19.0 Å². The van der Waals surface area contributed by atoms with Crippen molar-refractivity contribution in [1.82, 2.24) is 0 Å². The number of carbonyl (C=O) groups is 1. The highest BCUT2D eigenvalue weighted by Gasteiger charge is 2.23. The molecular weight excluding hydrogens is 372 g/mol. The smallest absolute Gasteiger partial charge is 0.227 e. The van der Waals surface area contributed by atoms with Crippen LogP contribution in [0.4, 0.5) is 0 Å². The molecule has 0 amide bonds. The fourth-order valence-corrected chi connectivity index (χ4v) is 3.13. The van der Waals surface area contributed by atoms with Crippen LogP contribution in [-0.2, 0) is 22.7 Å². The topological polar surface area (TPSA) is 75.0 Å². The van der Waals surface area contributed by atoms with E-state index in [1.807, 2.05) is 44.2 Å². The van der Waals surface area contributed by atoms with Crippen molar-refractivity contribution < 1.29 is 23.4 Å². The summed E-state index contributed by atoms with van der Waals surface area (Å²) in [7, 11) is 0. The van der Waals surface area contributed by atoms with E-state index in [0.717, 1.165) is 24.8 Å². The van der Waals surface area contributed by atoms with Crippen LogP contribution >= 0.6 is 0 Å². The van der Waals surface area contributed by atoms with Gasteiger partial charge in [0.05, 0.1) is 0 Å². The Labute approximate surface area is 170 Å². The van der Waals surface area contributed by atoms with Crippen molar-refractivity contribution in [3.05, 3.63) is 63.7 Å². The Bertz CT molecular complexity index is 849. The lowest BCUT2D eigenvalue weighted by atomic mass is 10.0. The zero-order valence-corrected chi connectivity index (χ0v) is 17.0. The van der Waals surface area contributed by atoms with Crippen molar-refractivity contribution in [1.29, 1.82) is 0 Å². The Morgan fingerprint density at radius 3 is 2.66 bits per heavy atom. The predicted molar refractivity (Wildman–Crippen MR) is 108 cm³/mol. The number of carbonyl (C=O) groups excluding carboxylic acids is 1. The van der Waals surface area contributed by atoms with E-state index in [0.29, 0.717) is 12.4 Å². The van der Waals surface area contributed by atoms with Crippen molar-refractivity contribution in [2.45, 2.75) is 59.0 Å². The molecule has 0 saturated carbocycles. The molecule has 1 saturated heterocycles. The second-order valence-electron chi connectivity index (χ2n) is 7.64. The highest BCUT2D eigenvalue weighted by Crippen LogP contribution is 2.22. The Kier molecular flexibility index (Phi) is 7.61. The molecule has 0 spiro atoms. The van der Waals surface area contributed by atoms with E-state index in [4.69, 9.17) is 18.6 Å². The second-order valence-corrected chi connectivity index (χ2v) is 7.64. The summed E-state index contributed by atoms with van der Waals surface area (Å²) in [4.78, 5) is 25.4. The summed E-state index contributed by atoms with van der Waals surface area (Å²) in [5.41, 5.74) is 0.512. The monoisotopic (exact) mass is 400 g/mol. The summed E-state index contributed by atoms with van der Waals surface area (Å²) in [6.07, 6.45) is 2.83. The van der Waals surface area contributed by atoms with E-state index in [1.54, 1.807) is 0 Å². The van der Waals surface area contributed by atoms with E-state index in [9.17, 15) is 9.59 Å². The van der Waals surface area contributed by atoms with Crippen molar-refractivity contribution in [3.8, 4) is 5.75 Å². The van der Waals surface area contributed by atoms with Gasteiger partial charge in [-0.25, -0.2) is 0 Å². The molecule has 6 nitrogen and oxygen atoms in total. The number of hydrogen-bond donors (Lipinski definition) is 0. The molecule has 1 fully saturated rings. The molecule has 1 atom stereocenters. The third kappa shape index (κ3) is 6.27. The lowest BCUT2D eigenvalue weighted by Gasteiger charge is -2.22. The lowest BCUT2D eigenvalue weighted by Crippen LogP contribution is -2.22. The Hall–Kier alpha value is -2.44. The molecule has 1 unspecified atom stereocenters. The molecule has 2 heterocycles. The largest absolute Gasteiger partial charge is 0.481 e. The number of benzene rings is 1. The molecule has 29 heavy (non-hydrogen) atoms. The van der Waals surface area contributed by atoms with Crippen molar-refractivity contribution in [3.63, 3.8) is 0 Å². The standard InChI is InChI=1S/C23H28O6/c1-16(2)12-19(24)23-22(28-14-17-8-4-3-5-9-17)20(25)13-18(29-23)15-27-21-10-6-7-11-26-21/h3-5,8-9,13,16,21H,6-7,10-12,14-15H2,1-2H3. The predicted octanol–water partition coefficient (Wildman–Crippen LogP) is 4.49. The molecule has 1 aromatic carbocycles. The molecule has 156 valence electrons. The van der Waals surface area contributed by atoms with Crippen LogP contribution in [-0.4, -0.2) is 18.7 Å². The minimum atomic E-state index is -0.387. The highest BCUT2D eigenvalue weighted by molar-refractivity contribution is 5.95. The number of rotatable bonds is 9. The van der Waals surface area contributed by atoms with Gasteiger partial charge in [-0.3, -0.25) is 9.59 Å². The van der Waals surface area contributed by atoms with E-state index < -0.39 is 0 Å². The van der Waals surface area contributed by atoms with Gasteiger partial charge in [0.15, 0.2) is 6.29 Å². The normalized spacial score (nSPS) is 16.7. The van der Waals surface area contributed by atoms with Crippen LogP contribution in [0.5, 0.6) is 5.75 Å². The van der Waals surface area contributed by atoms with Crippen molar-refractivity contribution in [2.24, 2.45) is 5.92 Å². The first-order chi connectivity index (χ1) is 14.0. The average Bonchev–Trinajstić information content (AvgIpc) is 2.72. The fourth-order valence-electron chi connectivity index (χ4n) is 3.13. The number of hydrogen-bond acceptors (Lipinski definition) is 6. The summed E-state index contributed by atoms with van der Waals surface area (Å²) in [6.45, 7) is 4.79. The van der Waals surface area contributed by atoms with E-state index in [-0.39, 0.29) is 54.6 Å². The third-order valence-corrected chi connectivity index (χ3v) is 4.58. The van der Waals surface area contributed by atoms with Gasteiger partial charge in [-0.1, -0.05) is 44.2 Å². The van der Waals surface area contributed by atoms with Crippen LogP contribution in [0.2, 0.25) is 0 Å². The summed E-state index contributed by atoms with van der Waals surface area (Å²) in [5.74, 6) is 0.0899. The molecule has 0 aliphatic carbocycles. The molecule has 3 rings (SSSR count). The summed E-state index contributed by atoms with van der Waals surface area (Å²) in [6, 6.07) is 10.8. The number of ketones is 1. The molecule has 1 aliphatic heterocycles. The molecule has 0 radical (unpaired) electrons. The average molecular weight is 400 g/mol. The first-order valence-electron chi connectivity index (χ1n) is 10.1. The third-order valence-electron chi connectivity index (χ3n) is 4.58. The quantitative estimate of drug-likeness (QED) is 0.577. The van der Waals surface area contributed by atoms with Crippen LogP contribution in [0.25, 0.3) is 0 Å². The maximum Gasteiger partial charge on any atom is 0.227 e. The van der Waals surface area contributed by atoms with Crippen LogP contribution in [0, 0.1) is 5.92 Å². The van der Waals surface area contributed by atoms with Gasteiger partial charge in [-0.2, -0.15) is 0 Å². The van der Waals surface area contributed by atoms with E-state index in [1.165, 1.54) is 6.07 Å². The van der Waals surface area contributed by atoms with Crippen LogP contribution < -0.4 is 10.2 Å². The first-order valence-corrected chi connectivity index (χ1v) is 10.1. The van der Waals surface area contributed by atoms with Gasteiger partial charge in [0.25, 0.3) is 0 Å². The molecule has 2 aromatic rings.